The number of para-hydroxylation sites is 1. The summed E-state index contributed by atoms with van der Waals surface area (Å²) in [6, 6.07) is 14.9. The van der Waals surface area contributed by atoms with Crippen LogP contribution in [0.15, 0.2) is 63.9 Å². The number of aromatic hydroxyl groups is 1. The summed E-state index contributed by atoms with van der Waals surface area (Å²) < 4.78 is 6.96. The number of likely N-dealkylation sites (tertiary alicyclic amines) is 1. The van der Waals surface area contributed by atoms with Crippen molar-refractivity contribution in [1.82, 2.24) is 9.47 Å². The number of hydrogen-bond acceptors (Lipinski definition) is 7. The van der Waals surface area contributed by atoms with E-state index >= 15 is 0 Å². The summed E-state index contributed by atoms with van der Waals surface area (Å²) >= 11 is 0. The summed E-state index contributed by atoms with van der Waals surface area (Å²) in [6.07, 6.45) is 3.55. The number of oxime groups is 1. The molecule has 0 bridgehead atoms. The maximum atomic E-state index is 12.2. The van der Waals surface area contributed by atoms with Crippen molar-refractivity contribution in [2.75, 3.05) is 26.8 Å². The van der Waals surface area contributed by atoms with Gasteiger partial charge in [0.05, 0.1) is 25.0 Å². The van der Waals surface area contributed by atoms with Crippen LogP contribution in [0.4, 0.5) is 5.69 Å². The fourth-order valence-corrected chi connectivity index (χ4v) is 4.02. The molecule has 4 rings (SSSR count). The second-order valence-corrected chi connectivity index (χ2v) is 8.21. The lowest BCUT2D eigenvalue weighted by Gasteiger charge is -2.27. The molecular formula is C25H29N5O4. The Kier molecular flexibility index (Phi) is 7.54. The van der Waals surface area contributed by atoms with Crippen LogP contribution < -0.4 is 4.74 Å². The highest BCUT2D eigenvalue weighted by Gasteiger charge is 2.19. The monoisotopic (exact) mass is 463 g/mol. The number of amides is 1. The van der Waals surface area contributed by atoms with Crippen molar-refractivity contribution in [2.24, 2.45) is 15.4 Å². The minimum Gasteiger partial charge on any atom is -0.497 e. The lowest BCUT2D eigenvalue weighted by Crippen LogP contribution is -2.31. The summed E-state index contributed by atoms with van der Waals surface area (Å²) in [5.41, 5.74) is 2.59. The zero-order valence-electron chi connectivity index (χ0n) is 19.5. The predicted molar refractivity (Wildman–Crippen MR) is 130 cm³/mol. The molecule has 9 heteroatoms. The molecule has 2 heterocycles. The Morgan fingerprint density at radius 1 is 1.06 bits per heavy atom. The Morgan fingerprint density at radius 2 is 1.79 bits per heavy atom. The number of nitrogens with zero attached hydrogens (tertiary/aromatic N) is 5. The largest absolute Gasteiger partial charge is 0.497 e. The van der Waals surface area contributed by atoms with E-state index in [1.54, 1.807) is 14.0 Å². The molecule has 0 unspecified atom stereocenters. The Hall–Kier alpha value is -3.72. The number of ether oxygens (including phenoxy) is 1. The van der Waals surface area contributed by atoms with E-state index in [0.717, 1.165) is 48.1 Å². The molecule has 1 fully saturated rings. The van der Waals surface area contributed by atoms with E-state index in [0.29, 0.717) is 12.4 Å². The number of carbonyl (C=O) groups is 1. The first-order valence-corrected chi connectivity index (χ1v) is 11.3. The number of azo groups is 1. The first-order chi connectivity index (χ1) is 16.6. The van der Waals surface area contributed by atoms with Crippen LogP contribution in [-0.2, 0) is 16.3 Å². The number of fused-ring (bicyclic) bond motifs is 1. The Balaban J connectivity index is 1.43. The molecule has 1 amide bonds. The van der Waals surface area contributed by atoms with Gasteiger partial charge in [-0.15, -0.1) is 10.2 Å². The molecule has 0 spiro atoms. The first-order valence-electron chi connectivity index (χ1n) is 11.3. The van der Waals surface area contributed by atoms with E-state index in [-0.39, 0.29) is 18.2 Å². The molecule has 1 N–H and O–H groups in total. The molecule has 1 aliphatic rings. The summed E-state index contributed by atoms with van der Waals surface area (Å²) in [6.45, 7) is 3.98. The predicted octanol–water partition coefficient (Wildman–Crippen LogP) is 4.85. The fraction of sp³-hybridized carbons (Fsp3) is 0.360. The molecule has 178 valence electrons. The summed E-state index contributed by atoms with van der Waals surface area (Å²) in [5, 5.41) is 23.4. The number of methoxy groups -OCH3 is 1. The van der Waals surface area contributed by atoms with Gasteiger partial charge in [-0.1, -0.05) is 29.8 Å². The maximum absolute atomic E-state index is 12.2. The van der Waals surface area contributed by atoms with Gasteiger partial charge in [0.1, 0.15) is 5.75 Å². The molecule has 0 aliphatic carbocycles. The summed E-state index contributed by atoms with van der Waals surface area (Å²) in [4.78, 5) is 19.7. The number of piperidine rings is 1. The highest BCUT2D eigenvalue weighted by atomic mass is 16.6. The first kappa shape index (κ1) is 23.4. The average molecular weight is 464 g/mol. The van der Waals surface area contributed by atoms with Crippen molar-refractivity contribution in [2.45, 2.75) is 32.9 Å². The SMILES string of the molecule is COc1ccc(C(C)=NOCC(=O)N=Nc2c(O)n(CN3CCCCC3)c3ccccc23)cc1. The molecular weight excluding hydrogens is 434 g/mol. The van der Waals surface area contributed by atoms with Gasteiger partial charge in [0.15, 0.2) is 12.3 Å². The van der Waals surface area contributed by atoms with E-state index in [1.807, 2.05) is 53.1 Å². The lowest BCUT2D eigenvalue weighted by atomic mass is 10.1. The van der Waals surface area contributed by atoms with Gasteiger partial charge in [0.25, 0.3) is 0 Å². The van der Waals surface area contributed by atoms with Crippen molar-refractivity contribution >= 4 is 28.2 Å². The van der Waals surface area contributed by atoms with Crippen molar-refractivity contribution in [3.63, 3.8) is 0 Å². The van der Waals surface area contributed by atoms with Crippen LogP contribution in [0.25, 0.3) is 10.9 Å². The van der Waals surface area contributed by atoms with E-state index < -0.39 is 5.91 Å². The van der Waals surface area contributed by atoms with E-state index in [1.165, 1.54) is 6.42 Å². The van der Waals surface area contributed by atoms with Gasteiger partial charge >= 0.3 is 5.91 Å². The molecule has 2 aromatic carbocycles. The molecule has 1 aromatic heterocycles. The molecule has 0 radical (unpaired) electrons. The van der Waals surface area contributed by atoms with Crippen LogP contribution >= 0.6 is 0 Å². The number of rotatable bonds is 8. The smallest absolute Gasteiger partial charge is 0.304 e. The highest BCUT2D eigenvalue weighted by molar-refractivity contribution is 5.98. The number of benzene rings is 2. The summed E-state index contributed by atoms with van der Waals surface area (Å²) in [7, 11) is 1.60. The number of aromatic nitrogens is 1. The van der Waals surface area contributed by atoms with Gasteiger partial charge in [-0.3, -0.25) is 14.3 Å². The van der Waals surface area contributed by atoms with Crippen molar-refractivity contribution in [1.29, 1.82) is 0 Å². The standard InChI is InChI=1S/C25H29N5O4/c1-18(19-10-12-20(33-2)13-11-19)28-34-16-23(31)26-27-24-21-8-4-5-9-22(21)30(25(24)32)17-29-14-6-3-7-15-29/h4-5,8-13,32H,3,6-7,14-17H2,1-2H3. The minimum atomic E-state index is -0.599. The molecule has 1 saturated heterocycles. The number of hydrogen-bond donors (Lipinski definition) is 1. The van der Waals surface area contributed by atoms with Crippen LogP contribution in [0.1, 0.15) is 31.7 Å². The van der Waals surface area contributed by atoms with Gasteiger partial charge < -0.3 is 14.7 Å². The maximum Gasteiger partial charge on any atom is 0.304 e. The highest BCUT2D eigenvalue weighted by Crippen LogP contribution is 2.39. The van der Waals surface area contributed by atoms with Gasteiger partial charge in [-0.2, -0.15) is 0 Å². The van der Waals surface area contributed by atoms with Crippen LogP contribution in [-0.4, -0.2) is 53.0 Å². The van der Waals surface area contributed by atoms with Crippen molar-refractivity contribution in [3.8, 4) is 11.6 Å². The molecule has 3 aromatic rings. The second-order valence-electron chi connectivity index (χ2n) is 8.21. The second kappa shape index (κ2) is 10.9. The van der Waals surface area contributed by atoms with Gasteiger partial charge in [-0.25, -0.2) is 0 Å². The zero-order valence-corrected chi connectivity index (χ0v) is 19.5. The normalized spacial score (nSPS) is 15.2. The third-order valence-electron chi connectivity index (χ3n) is 5.87. The van der Waals surface area contributed by atoms with E-state index in [4.69, 9.17) is 9.57 Å². The van der Waals surface area contributed by atoms with Crippen molar-refractivity contribution < 1.29 is 19.5 Å². The van der Waals surface area contributed by atoms with Gasteiger partial charge in [0.2, 0.25) is 5.88 Å². The third-order valence-corrected chi connectivity index (χ3v) is 5.87. The zero-order chi connectivity index (χ0) is 23.9. The molecule has 0 atom stereocenters. The average Bonchev–Trinajstić information content (AvgIpc) is 3.14. The molecule has 9 nitrogen and oxygen atoms in total. The molecule has 34 heavy (non-hydrogen) atoms. The van der Waals surface area contributed by atoms with Gasteiger partial charge in [-0.05, 0) is 68.8 Å². The molecule has 1 aliphatic heterocycles. The minimum absolute atomic E-state index is 0.00221. The van der Waals surface area contributed by atoms with Crippen LogP contribution in [0.3, 0.4) is 0 Å². The van der Waals surface area contributed by atoms with Crippen LogP contribution in [0, 0.1) is 0 Å². The van der Waals surface area contributed by atoms with E-state index in [9.17, 15) is 9.90 Å². The topological polar surface area (TPSA) is 101 Å². The quantitative estimate of drug-likeness (QED) is 0.292. The van der Waals surface area contributed by atoms with Gasteiger partial charge in [0, 0.05) is 5.39 Å². The third kappa shape index (κ3) is 5.43. The van der Waals surface area contributed by atoms with Crippen molar-refractivity contribution in [3.05, 3.63) is 54.1 Å². The lowest BCUT2D eigenvalue weighted by molar-refractivity contribution is -0.122. The summed E-state index contributed by atoms with van der Waals surface area (Å²) in [5.74, 6) is 0.143. The van der Waals surface area contributed by atoms with Crippen LogP contribution in [0.2, 0.25) is 0 Å². The molecule has 0 saturated carbocycles. The van der Waals surface area contributed by atoms with E-state index in [2.05, 4.69) is 20.3 Å². The Bertz CT molecular complexity index is 1190. The fourth-order valence-electron chi connectivity index (χ4n) is 4.02. The number of carbonyl (C=O) groups excluding carboxylic acids is 1. The van der Waals surface area contributed by atoms with Crippen LogP contribution in [0.5, 0.6) is 11.6 Å². The Morgan fingerprint density at radius 3 is 2.53 bits per heavy atom. The Labute approximate surface area is 198 Å².